The van der Waals surface area contributed by atoms with Crippen molar-refractivity contribution in [2.75, 3.05) is 5.73 Å². The van der Waals surface area contributed by atoms with Crippen LogP contribution >= 0.6 is 23.2 Å². The Morgan fingerprint density at radius 3 is 2.50 bits per heavy atom. The van der Waals surface area contributed by atoms with Crippen molar-refractivity contribution >= 4 is 29.0 Å². The van der Waals surface area contributed by atoms with E-state index in [9.17, 15) is 0 Å². The number of halogens is 2. The highest BCUT2D eigenvalue weighted by molar-refractivity contribution is 6.36. The van der Waals surface area contributed by atoms with Gasteiger partial charge in [0.2, 0.25) is 0 Å². The summed E-state index contributed by atoms with van der Waals surface area (Å²) in [4.78, 5) is 4.80. The van der Waals surface area contributed by atoms with E-state index < -0.39 is 0 Å². The number of anilines is 1. The van der Waals surface area contributed by atoms with Crippen LogP contribution < -0.4 is 5.73 Å². The molecule has 3 nitrogen and oxygen atoms in total. The lowest BCUT2D eigenvalue weighted by Gasteiger charge is -2.07. The summed E-state index contributed by atoms with van der Waals surface area (Å²) in [5.41, 5.74) is 8.03. The minimum Gasteiger partial charge on any atom is -0.383 e. The molecular weight excluding hydrogens is 293 g/mol. The lowest BCUT2D eigenvalue weighted by molar-refractivity contribution is 0.691. The molecule has 2 fully saturated rings. The number of hydrogen-bond donors (Lipinski definition) is 1. The van der Waals surface area contributed by atoms with Crippen LogP contribution in [0.25, 0.3) is 11.3 Å². The predicted octanol–water partition coefficient (Wildman–Crippen LogP) is 4.65. The van der Waals surface area contributed by atoms with Crippen molar-refractivity contribution in [2.24, 2.45) is 0 Å². The zero-order valence-corrected chi connectivity index (χ0v) is 12.5. The van der Waals surface area contributed by atoms with Crippen LogP contribution in [0.3, 0.4) is 0 Å². The van der Waals surface area contributed by atoms with Crippen LogP contribution in [-0.2, 0) is 0 Å². The number of imidazole rings is 1. The second kappa shape index (κ2) is 4.40. The first-order chi connectivity index (χ1) is 9.65. The summed E-state index contributed by atoms with van der Waals surface area (Å²) in [6.45, 7) is 0. The lowest BCUT2D eigenvalue weighted by atomic mass is 10.1. The van der Waals surface area contributed by atoms with Gasteiger partial charge in [0.1, 0.15) is 17.3 Å². The van der Waals surface area contributed by atoms with Crippen molar-refractivity contribution in [3.63, 3.8) is 0 Å². The molecule has 0 saturated heterocycles. The quantitative estimate of drug-likeness (QED) is 0.897. The second-order valence-electron chi connectivity index (χ2n) is 5.70. The second-order valence-corrected chi connectivity index (χ2v) is 6.55. The van der Waals surface area contributed by atoms with Gasteiger partial charge >= 0.3 is 0 Å². The molecule has 20 heavy (non-hydrogen) atoms. The van der Waals surface area contributed by atoms with E-state index in [2.05, 4.69) is 4.57 Å². The van der Waals surface area contributed by atoms with Crippen LogP contribution in [0.15, 0.2) is 18.2 Å². The Bertz CT molecular complexity index is 685. The lowest BCUT2D eigenvalue weighted by Crippen LogP contribution is -2.04. The number of hydrogen-bond acceptors (Lipinski definition) is 2. The Morgan fingerprint density at radius 2 is 1.90 bits per heavy atom. The van der Waals surface area contributed by atoms with Gasteiger partial charge in [0.05, 0.1) is 5.02 Å². The van der Waals surface area contributed by atoms with Crippen molar-refractivity contribution in [1.29, 1.82) is 0 Å². The molecule has 2 aliphatic rings. The predicted molar refractivity (Wildman–Crippen MR) is 82.3 cm³/mol. The molecule has 2 aromatic rings. The van der Waals surface area contributed by atoms with Crippen LogP contribution in [0.5, 0.6) is 0 Å². The Balaban J connectivity index is 1.87. The fourth-order valence-electron chi connectivity index (χ4n) is 2.69. The average molecular weight is 308 g/mol. The van der Waals surface area contributed by atoms with Crippen LogP contribution in [0.1, 0.15) is 43.5 Å². The highest BCUT2D eigenvalue weighted by Crippen LogP contribution is 2.48. The third-order valence-electron chi connectivity index (χ3n) is 4.02. The Kier molecular flexibility index (Phi) is 2.76. The summed E-state index contributed by atoms with van der Waals surface area (Å²) >= 11 is 12.3. The van der Waals surface area contributed by atoms with Gasteiger partial charge in [-0.1, -0.05) is 23.2 Å². The van der Waals surface area contributed by atoms with E-state index in [-0.39, 0.29) is 0 Å². The Hall–Kier alpha value is -1.19. The molecule has 2 aliphatic carbocycles. The fourth-order valence-corrected chi connectivity index (χ4v) is 3.19. The van der Waals surface area contributed by atoms with Crippen molar-refractivity contribution < 1.29 is 0 Å². The third kappa shape index (κ3) is 2.00. The summed E-state index contributed by atoms with van der Waals surface area (Å²) in [5.74, 6) is 2.47. The van der Waals surface area contributed by atoms with Crippen LogP contribution in [0.2, 0.25) is 10.0 Å². The van der Waals surface area contributed by atoms with E-state index in [1.54, 1.807) is 6.07 Å². The van der Waals surface area contributed by atoms with Crippen molar-refractivity contribution in [2.45, 2.75) is 37.6 Å². The number of benzene rings is 1. The summed E-state index contributed by atoms with van der Waals surface area (Å²) < 4.78 is 2.23. The number of aromatic nitrogens is 2. The van der Waals surface area contributed by atoms with E-state index in [0.717, 1.165) is 22.9 Å². The smallest absolute Gasteiger partial charge is 0.132 e. The third-order valence-corrected chi connectivity index (χ3v) is 4.56. The molecule has 1 heterocycles. The number of rotatable bonds is 3. The molecule has 1 aromatic heterocycles. The molecular formula is C15H15Cl2N3. The molecule has 0 radical (unpaired) electrons. The molecule has 2 N–H and O–H groups in total. The molecule has 1 aromatic carbocycles. The van der Waals surface area contributed by atoms with Gasteiger partial charge < -0.3 is 10.3 Å². The summed E-state index contributed by atoms with van der Waals surface area (Å²) in [6, 6.07) is 6.01. The standard InChI is InChI=1S/C15H15Cl2N3/c16-9-3-6-11(12(17)7-9)13-14(18)20(10-4-5-10)15(19-13)8-1-2-8/h3,6-8,10H,1-2,4-5,18H2. The van der Waals surface area contributed by atoms with Crippen LogP contribution in [0.4, 0.5) is 5.82 Å². The Morgan fingerprint density at radius 1 is 1.15 bits per heavy atom. The molecule has 0 atom stereocenters. The number of nitrogen functional groups attached to an aromatic ring is 1. The molecule has 5 heteroatoms. The summed E-state index contributed by atoms with van der Waals surface area (Å²) in [6.07, 6.45) is 4.84. The highest BCUT2D eigenvalue weighted by atomic mass is 35.5. The molecule has 4 rings (SSSR count). The zero-order chi connectivity index (χ0) is 13.9. The van der Waals surface area contributed by atoms with Gasteiger partial charge in [0, 0.05) is 22.5 Å². The summed E-state index contributed by atoms with van der Waals surface area (Å²) in [5, 5.41) is 1.23. The van der Waals surface area contributed by atoms with E-state index in [0.29, 0.717) is 22.0 Å². The van der Waals surface area contributed by atoms with Crippen molar-refractivity contribution in [1.82, 2.24) is 9.55 Å². The molecule has 0 amide bonds. The van der Waals surface area contributed by atoms with Crippen molar-refractivity contribution in [3.05, 3.63) is 34.1 Å². The molecule has 0 bridgehead atoms. The van der Waals surface area contributed by atoms with Gasteiger partial charge in [-0.25, -0.2) is 4.98 Å². The molecule has 104 valence electrons. The number of nitrogens with two attached hydrogens (primary N) is 1. The maximum Gasteiger partial charge on any atom is 0.132 e. The molecule has 0 unspecified atom stereocenters. The summed E-state index contributed by atoms with van der Waals surface area (Å²) in [7, 11) is 0. The van der Waals surface area contributed by atoms with Gasteiger partial charge in [0.25, 0.3) is 0 Å². The normalized spacial score (nSPS) is 18.5. The van der Waals surface area contributed by atoms with Crippen LogP contribution in [0, 0.1) is 0 Å². The number of nitrogens with zero attached hydrogens (tertiary/aromatic N) is 2. The first-order valence-corrected chi connectivity index (χ1v) is 7.73. The maximum absolute atomic E-state index is 6.36. The fraction of sp³-hybridized carbons (Fsp3) is 0.400. The molecule has 0 aliphatic heterocycles. The average Bonchev–Trinajstić information content (AvgIpc) is 3.29. The minimum atomic E-state index is 0.540. The van der Waals surface area contributed by atoms with Gasteiger partial charge in [-0.15, -0.1) is 0 Å². The highest BCUT2D eigenvalue weighted by Gasteiger charge is 2.36. The van der Waals surface area contributed by atoms with E-state index in [1.165, 1.54) is 25.7 Å². The molecule has 0 spiro atoms. The van der Waals surface area contributed by atoms with Crippen LogP contribution in [-0.4, -0.2) is 9.55 Å². The SMILES string of the molecule is Nc1c(-c2ccc(Cl)cc2Cl)nc(C2CC2)n1C1CC1. The van der Waals surface area contributed by atoms with Gasteiger partial charge in [-0.05, 0) is 43.9 Å². The minimum absolute atomic E-state index is 0.540. The first kappa shape index (κ1) is 12.5. The van der Waals surface area contributed by atoms with Crippen molar-refractivity contribution in [3.8, 4) is 11.3 Å². The largest absolute Gasteiger partial charge is 0.383 e. The van der Waals surface area contributed by atoms with Gasteiger partial charge in [0.15, 0.2) is 0 Å². The monoisotopic (exact) mass is 307 g/mol. The van der Waals surface area contributed by atoms with E-state index in [4.69, 9.17) is 33.9 Å². The maximum atomic E-state index is 6.36. The first-order valence-electron chi connectivity index (χ1n) is 6.98. The Labute approximate surface area is 127 Å². The zero-order valence-electron chi connectivity index (χ0n) is 10.9. The van der Waals surface area contributed by atoms with Gasteiger partial charge in [-0.2, -0.15) is 0 Å². The van der Waals surface area contributed by atoms with E-state index >= 15 is 0 Å². The van der Waals surface area contributed by atoms with E-state index in [1.807, 2.05) is 12.1 Å². The molecule has 2 saturated carbocycles. The van der Waals surface area contributed by atoms with Gasteiger partial charge in [-0.3, -0.25) is 0 Å². The topological polar surface area (TPSA) is 43.8 Å².